The second kappa shape index (κ2) is 9.49. The highest BCUT2D eigenvalue weighted by Gasteiger charge is 2.26. The van der Waals surface area contributed by atoms with Crippen LogP contribution in [0.15, 0.2) is 24.3 Å². The van der Waals surface area contributed by atoms with Crippen molar-refractivity contribution in [2.75, 3.05) is 39.9 Å². The molecule has 0 atom stereocenters. The van der Waals surface area contributed by atoms with Crippen LogP contribution in [0.1, 0.15) is 12.8 Å². The average molecular weight is 355 g/mol. The van der Waals surface area contributed by atoms with Crippen molar-refractivity contribution in [3.8, 4) is 5.75 Å². The summed E-state index contributed by atoms with van der Waals surface area (Å²) in [6.07, 6.45) is 1.47. The Morgan fingerprint density at radius 2 is 2.08 bits per heavy atom. The van der Waals surface area contributed by atoms with E-state index in [9.17, 15) is 9.59 Å². The van der Waals surface area contributed by atoms with E-state index in [4.69, 9.17) is 21.1 Å². The Morgan fingerprint density at radius 1 is 1.33 bits per heavy atom. The minimum Gasteiger partial charge on any atom is -0.492 e. The van der Waals surface area contributed by atoms with Crippen LogP contribution in [0.3, 0.4) is 0 Å². The number of nitrogens with one attached hydrogen (secondary N) is 1. The third kappa shape index (κ3) is 6.02. The first-order valence-corrected chi connectivity index (χ1v) is 8.41. The standard InChI is InChI=1S/C17H23ClN2O4/c1-23-17(22)13-5-8-20(9-6-13)12-16(21)19-7-10-24-15-4-2-3-14(18)11-15/h2-4,11,13H,5-10,12H2,1H3,(H,19,21). The predicted molar refractivity (Wildman–Crippen MR) is 91.1 cm³/mol. The lowest BCUT2D eigenvalue weighted by molar-refractivity contribution is -0.147. The number of hydrogen-bond donors (Lipinski definition) is 1. The minimum atomic E-state index is -0.155. The molecule has 1 amide bonds. The Hall–Kier alpha value is -1.79. The molecule has 0 bridgehead atoms. The maximum Gasteiger partial charge on any atom is 0.308 e. The topological polar surface area (TPSA) is 67.9 Å². The number of ether oxygens (including phenoxy) is 2. The van der Waals surface area contributed by atoms with E-state index in [0.29, 0.717) is 30.5 Å². The number of carbonyl (C=O) groups is 2. The molecule has 132 valence electrons. The number of hydrogen-bond acceptors (Lipinski definition) is 5. The molecule has 1 aliphatic rings. The quantitative estimate of drug-likeness (QED) is 0.596. The van der Waals surface area contributed by atoms with Gasteiger partial charge in [-0.1, -0.05) is 17.7 Å². The van der Waals surface area contributed by atoms with Gasteiger partial charge in [-0.3, -0.25) is 14.5 Å². The van der Waals surface area contributed by atoms with Gasteiger partial charge in [-0.05, 0) is 44.1 Å². The summed E-state index contributed by atoms with van der Waals surface area (Å²) in [5.74, 6) is 0.445. The van der Waals surface area contributed by atoms with Gasteiger partial charge in [-0.15, -0.1) is 0 Å². The lowest BCUT2D eigenvalue weighted by Crippen LogP contribution is -2.43. The predicted octanol–water partition coefficient (Wildman–Crippen LogP) is 1.72. The first-order chi connectivity index (χ1) is 11.6. The number of methoxy groups -OCH3 is 1. The van der Waals surface area contributed by atoms with Gasteiger partial charge in [-0.25, -0.2) is 0 Å². The number of benzene rings is 1. The zero-order chi connectivity index (χ0) is 17.4. The largest absolute Gasteiger partial charge is 0.492 e. The Morgan fingerprint density at radius 3 is 2.75 bits per heavy atom. The molecule has 0 aromatic heterocycles. The second-order valence-electron chi connectivity index (χ2n) is 5.73. The van der Waals surface area contributed by atoms with E-state index >= 15 is 0 Å². The summed E-state index contributed by atoms with van der Waals surface area (Å²) in [6, 6.07) is 7.14. The minimum absolute atomic E-state index is 0.0405. The van der Waals surface area contributed by atoms with Crippen LogP contribution in [0.2, 0.25) is 5.02 Å². The van der Waals surface area contributed by atoms with Crippen LogP contribution in [0, 0.1) is 5.92 Å². The van der Waals surface area contributed by atoms with Gasteiger partial charge in [0.15, 0.2) is 0 Å². The summed E-state index contributed by atoms with van der Waals surface area (Å²) in [5, 5.41) is 3.45. The Labute approximate surface area is 147 Å². The molecule has 1 N–H and O–H groups in total. The number of nitrogens with zero attached hydrogens (tertiary/aromatic N) is 1. The molecular formula is C17H23ClN2O4. The van der Waals surface area contributed by atoms with Crippen molar-refractivity contribution in [1.29, 1.82) is 0 Å². The van der Waals surface area contributed by atoms with E-state index in [1.54, 1.807) is 12.1 Å². The Balaban J connectivity index is 1.59. The third-order valence-corrected chi connectivity index (χ3v) is 4.21. The molecule has 0 spiro atoms. The molecule has 1 aromatic carbocycles. The van der Waals surface area contributed by atoms with Gasteiger partial charge in [0.1, 0.15) is 12.4 Å². The molecule has 1 fully saturated rings. The molecule has 0 unspecified atom stereocenters. The van der Waals surface area contributed by atoms with Crippen molar-refractivity contribution in [2.24, 2.45) is 5.92 Å². The Kier molecular flexibility index (Phi) is 7.34. The van der Waals surface area contributed by atoms with Crippen LogP contribution >= 0.6 is 11.6 Å². The summed E-state index contributed by atoms with van der Waals surface area (Å²) >= 11 is 5.87. The van der Waals surface area contributed by atoms with E-state index in [1.807, 2.05) is 17.0 Å². The Bertz CT molecular complexity index is 559. The lowest BCUT2D eigenvalue weighted by atomic mass is 9.97. The highest BCUT2D eigenvalue weighted by molar-refractivity contribution is 6.30. The summed E-state index contributed by atoms with van der Waals surface area (Å²) in [4.78, 5) is 25.4. The number of halogens is 1. The zero-order valence-electron chi connectivity index (χ0n) is 13.8. The number of rotatable bonds is 7. The van der Waals surface area contributed by atoms with Crippen LogP contribution < -0.4 is 10.1 Å². The molecule has 1 aliphatic heterocycles. The van der Waals surface area contributed by atoms with Gasteiger partial charge < -0.3 is 14.8 Å². The first kappa shape index (κ1) is 18.5. The van der Waals surface area contributed by atoms with E-state index < -0.39 is 0 Å². The third-order valence-electron chi connectivity index (χ3n) is 3.98. The number of esters is 1. The number of amides is 1. The van der Waals surface area contributed by atoms with Gasteiger partial charge in [0, 0.05) is 5.02 Å². The van der Waals surface area contributed by atoms with Crippen LogP contribution in [0.4, 0.5) is 0 Å². The summed E-state index contributed by atoms with van der Waals surface area (Å²) in [6.45, 7) is 2.62. The molecule has 6 nitrogen and oxygen atoms in total. The van der Waals surface area contributed by atoms with Gasteiger partial charge in [-0.2, -0.15) is 0 Å². The SMILES string of the molecule is COC(=O)C1CCN(CC(=O)NCCOc2cccc(Cl)c2)CC1. The highest BCUT2D eigenvalue weighted by Crippen LogP contribution is 2.18. The summed E-state index contributed by atoms with van der Waals surface area (Å²) < 4.78 is 10.3. The van der Waals surface area contributed by atoms with Crippen molar-refractivity contribution in [2.45, 2.75) is 12.8 Å². The lowest BCUT2D eigenvalue weighted by Gasteiger charge is -2.29. The van der Waals surface area contributed by atoms with Crippen molar-refractivity contribution in [1.82, 2.24) is 10.2 Å². The molecule has 24 heavy (non-hydrogen) atoms. The number of piperidine rings is 1. The normalized spacial score (nSPS) is 15.8. The molecule has 2 rings (SSSR count). The summed E-state index contributed by atoms with van der Waals surface area (Å²) in [7, 11) is 1.41. The fourth-order valence-corrected chi connectivity index (χ4v) is 2.85. The zero-order valence-corrected chi connectivity index (χ0v) is 14.6. The maximum absolute atomic E-state index is 11.9. The highest BCUT2D eigenvalue weighted by atomic mass is 35.5. The fourth-order valence-electron chi connectivity index (χ4n) is 2.67. The van der Waals surface area contributed by atoms with Gasteiger partial charge in [0.2, 0.25) is 5.91 Å². The molecule has 1 heterocycles. The molecular weight excluding hydrogens is 332 g/mol. The van der Waals surface area contributed by atoms with Crippen LogP contribution in [-0.4, -0.2) is 56.7 Å². The number of carbonyl (C=O) groups excluding carboxylic acids is 2. The molecule has 0 radical (unpaired) electrons. The second-order valence-corrected chi connectivity index (χ2v) is 6.17. The van der Waals surface area contributed by atoms with Crippen LogP contribution in [0.25, 0.3) is 0 Å². The molecule has 1 saturated heterocycles. The molecule has 1 aromatic rings. The van der Waals surface area contributed by atoms with E-state index in [-0.39, 0.29) is 17.8 Å². The van der Waals surface area contributed by atoms with E-state index in [1.165, 1.54) is 7.11 Å². The first-order valence-electron chi connectivity index (χ1n) is 8.03. The van der Waals surface area contributed by atoms with E-state index in [2.05, 4.69) is 5.32 Å². The van der Waals surface area contributed by atoms with Gasteiger partial charge in [0.25, 0.3) is 0 Å². The average Bonchev–Trinajstić information content (AvgIpc) is 2.59. The van der Waals surface area contributed by atoms with Crippen LogP contribution in [-0.2, 0) is 14.3 Å². The van der Waals surface area contributed by atoms with Gasteiger partial charge >= 0.3 is 5.97 Å². The fraction of sp³-hybridized carbons (Fsp3) is 0.529. The number of likely N-dealkylation sites (tertiary alicyclic amines) is 1. The van der Waals surface area contributed by atoms with Gasteiger partial charge in [0.05, 0.1) is 26.1 Å². The van der Waals surface area contributed by atoms with Crippen molar-refractivity contribution >= 4 is 23.5 Å². The smallest absolute Gasteiger partial charge is 0.308 e. The van der Waals surface area contributed by atoms with Crippen molar-refractivity contribution < 1.29 is 19.1 Å². The maximum atomic E-state index is 11.9. The summed E-state index contributed by atoms with van der Waals surface area (Å²) in [5.41, 5.74) is 0. The molecule has 7 heteroatoms. The van der Waals surface area contributed by atoms with Crippen molar-refractivity contribution in [3.05, 3.63) is 29.3 Å². The molecule has 0 aliphatic carbocycles. The molecule has 0 saturated carbocycles. The van der Waals surface area contributed by atoms with Crippen LogP contribution in [0.5, 0.6) is 5.75 Å². The van der Waals surface area contributed by atoms with E-state index in [0.717, 1.165) is 25.9 Å². The monoisotopic (exact) mass is 354 g/mol. The van der Waals surface area contributed by atoms with Crippen molar-refractivity contribution in [3.63, 3.8) is 0 Å².